The van der Waals surface area contributed by atoms with E-state index in [1.54, 1.807) is 14.2 Å². The highest BCUT2D eigenvalue weighted by Gasteiger charge is 2.19. The van der Waals surface area contributed by atoms with Crippen molar-refractivity contribution < 1.29 is 14.3 Å². The Kier molecular flexibility index (Phi) is 11.4. The second-order valence-electron chi connectivity index (χ2n) is 5.76. The topological polar surface area (TPSA) is 47.6 Å². The van der Waals surface area contributed by atoms with Crippen molar-refractivity contribution in [1.29, 1.82) is 0 Å². The summed E-state index contributed by atoms with van der Waals surface area (Å²) in [5, 5.41) is 2.79. The van der Waals surface area contributed by atoms with E-state index in [0.717, 1.165) is 16.0 Å². The van der Waals surface area contributed by atoms with E-state index in [4.69, 9.17) is 32.7 Å². The fraction of sp³-hybridized carbons (Fsp3) is 0.450. The minimum atomic E-state index is -0.210. The lowest BCUT2D eigenvalue weighted by Crippen LogP contribution is -2.32. The number of thioether (sulfide) groups is 1. The number of hydrogen-bond acceptors (Lipinski definition) is 4. The Balaban J connectivity index is 2.80. The van der Waals surface area contributed by atoms with Crippen LogP contribution >= 0.6 is 35.0 Å². The fourth-order valence-corrected chi connectivity index (χ4v) is 3.69. The minimum Gasteiger partial charge on any atom is -0.493 e. The highest BCUT2D eigenvalue weighted by Crippen LogP contribution is 2.30. The average Bonchev–Trinajstić information content (AvgIpc) is 2.71. The van der Waals surface area contributed by atoms with Crippen molar-refractivity contribution in [1.82, 2.24) is 5.32 Å². The summed E-state index contributed by atoms with van der Waals surface area (Å²) in [7, 11) is 3.18. The zero-order valence-electron chi connectivity index (χ0n) is 16.2. The highest BCUT2D eigenvalue weighted by molar-refractivity contribution is 8.04. The van der Waals surface area contributed by atoms with Gasteiger partial charge in [-0.2, -0.15) is 0 Å². The second kappa shape index (κ2) is 13.0. The van der Waals surface area contributed by atoms with Gasteiger partial charge in [0.1, 0.15) is 0 Å². The third-order valence-electron chi connectivity index (χ3n) is 3.83. The number of amides is 1. The Morgan fingerprint density at radius 3 is 2.52 bits per heavy atom. The number of nitrogens with one attached hydrogen (secondary N) is 1. The first-order valence-corrected chi connectivity index (χ1v) is 10.6. The number of carbonyl (C=O) groups excluding carboxylic acids is 1. The van der Waals surface area contributed by atoms with Crippen LogP contribution in [0.25, 0.3) is 0 Å². The third-order valence-corrected chi connectivity index (χ3v) is 5.98. The number of rotatable bonds is 11. The van der Waals surface area contributed by atoms with Crippen LogP contribution in [0.1, 0.15) is 25.8 Å². The molecule has 0 bridgehead atoms. The Morgan fingerprint density at radius 2 is 1.96 bits per heavy atom. The first-order valence-electron chi connectivity index (χ1n) is 8.64. The molecule has 0 aliphatic rings. The molecule has 0 saturated heterocycles. The van der Waals surface area contributed by atoms with E-state index in [2.05, 4.69) is 5.32 Å². The summed E-state index contributed by atoms with van der Waals surface area (Å²) in [6, 6.07) is 5.59. The highest BCUT2D eigenvalue weighted by atomic mass is 35.5. The van der Waals surface area contributed by atoms with E-state index in [9.17, 15) is 4.79 Å². The molecule has 0 radical (unpaired) electrons. The largest absolute Gasteiger partial charge is 0.493 e. The summed E-state index contributed by atoms with van der Waals surface area (Å²) in [6.07, 6.45) is 4.49. The number of ether oxygens (including phenoxy) is 2. The van der Waals surface area contributed by atoms with Crippen molar-refractivity contribution in [3.63, 3.8) is 0 Å². The third kappa shape index (κ3) is 7.68. The van der Waals surface area contributed by atoms with Crippen LogP contribution < -0.4 is 14.8 Å². The summed E-state index contributed by atoms with van der Waals surface area (Å²) in [5.74, 6) is 2.11. The van der Waals surface area contributed by atoms with Crippen molar-refractivity contribution in [2.24, 2.45) is 0 Å². The zero-order chi connectivity index (χ0) is 20.2. The predicted octanol–water partition coefficient (Wildman–Crippen LogP) is 5.14. The molecule has 150 valence electrons. The summed E-state index contributed by atoms with van der Waals surface area (Å²) < 4.78 is 10.5. The number of methoxy groups -OCH3 is 2. The molecule has 0 aliphatic carbocycles. The van der Waals surface area contributed by atoms with Crippen LogP contribution in [0.3, 0.4) is 0 Å². The quantitative estimate of drug-likeness (QED) is 0.389. The molecule has 0 aliphatic heterocycles. The molecule has 7 heteroatoms. The van der Waals surface area contributed by atoms with E-state index in [1.807, 2.05) is 44.2 Å². The van der Waals surface area contributed by atoms with Gasteiger partial charge in [0.05, 0.1) is 19.5 Å². The normalized spacial score (nSPS) is 13.3. The number of hydrogen-bond donors (Lipinski definition) is 1. The van der Waals surface area contributed by atoms with Gasteiger partial charge in [-0.1, -0.05) is 25.1 Å². The SMILES string of the molecule is CCC(SC(C=CCCl)=C(C)CCl)C(=O)NCc1ccc(OC)c(OC)c1. The molecule has 0 fully saturated rings. The van der Waals surface area contributed by atoms with Gasteiger partial charge in [0.25, 0.3) is 0 Å². The van der Waals surface area contributed by atoms with Gasteiger partial charge in [-0.15, -0.1) is 35.0 Å². The van der Waals surface area contributed by atoms with Gasteiger partial charge < -0.3 is 14.8 Å². The summed E-state index contributed by atoms with van der Waals surface area (Å²) >= 11 is 13.2. The van der Waals surface area contributed by atoms with Gasteiger partial charge in [0.15, 0.2) is 11.5 Å². The Bertz CT molecular complexity index is 677. The lowest BCUT2D eigenvalue weighted by molar-refractivity contribution is -0.120. The van der Waals surface area contributed by atoms with Crippen LogP contribution in [-0.4, -0.2) is 37.1 Å². The minimum absolute atomic E-state index is 0.0172. The fourth-order valence-electron chi connectivity index (χ4n) is 2.27. The first-order chi connectivity index (χ1) is 13.0. The van der Waals surface area contributed by atoms with Crippen LogP contribution in [0, 0.1) is 0 Å². The van der Waals surface area contributed by atoms with E-state index in [1.165, 1.54) is 11.8 Å². The Hall–Kier alpha value is -1.30. The van der Waals surface area contributed by atoms with E-state index >= 15 is 0 Å². The van der Waals surface area contributed by atoms with Crippen LogP contribution in [-0.2, 0) is 11.3 Å². The van der Waals surface area contributed by atoms with Gasteiger partial charge >= 0.3 is 0 Å². The zero-order valence-corrected chi connectivity index (χ0v) is 18.5. The summed E-state index contributed by atoms with van der Waals surface area (Å²) in [6.45, 7) is 4.37. The lowest BCUT2D eigenvalue weighted by Gasteiger charge is -2.17. The standard InChI is InChI=1S/C20H27Cl2NO3S/c1-5-18(27-19(7-6-10-21)14(2)12-22)20(24)23-13-15-8-9-16(25-3)17(11-15)26-4/h6-9,11,18H,5,10,12-13H2,1-4H3,(H,23,24). The van der Waals surface area contributed by atoms with E-state index in [0.29, 0.717) is 36.2 Å². The van der Waals surface area contributed by atoms with E-state index < -0.39 is 0 Å². The molecule has 1 rings (SSSR count). The van der Waals surface area contributed by atoms with Gasteiger partial charge in [-0.3, -0.25) is 4.79 Å². The molecule has 1 amide bonds. The van der Waals surface area contributed by atoms with Crippen LogP contribution in [0.2, 0.25) is 0 Å². The van der Waals surface area contributed by atoms with Crippen molar-refractivity contribution in [2.45, 2.75) is 32.1 Å². The first kappa shape index (κ1) is 23.7. The van der Waals surface area contributed by atoms with Crippen molar-refractivity contribution in [3.05, 3.63) is 46.4 Å². The van der Waals surface area contributed by atoms with Crippen molar-refractivity contribution in [3.8, 4) is 11.5 Å². The molecular weight excluding hydrogens is 405 g/mol. The maximum absolute atomic E-state index is 12.7. The average molecular weight is 432 g/mol. The van der Waals surface area contributed by atoms with Crippen LogP contribution in [0.4, 0.5) is 0 Å². The lowest BCUT2D eigenvalue weighted by atomic mass is 10.2. The number of alkyl halides is 2. The molecule has 1 atom stereocenters. The molecule has 0 saturated carbocycles. The van der Waals surface area contributed by atoms with E-state index in [-0.39, 0.29) is 11.2 Å². The molecule has 1 aromatic rings. The van der Waals surface area contributed by atoms with Gasteiger partial charge in [-0.05, 0) is 36.6 Å². The number of carbonyl (C=O) groups is 1. The van der Waals surface area contributed by atoms with Crippen molar-refractivity contribution in [2.75, 3.05) is 26.0 Å². The van der Waals surface area contributed by atoms with Crippen LogP contribution in [0.5, 0.6) is 11.5 Å². The molecule has 0 aromatic heterocycles. The molecular formula is C20H27Cl2NO3S. The van der Waals surface area contributed by atoms with Gasteiger partial charge in [-0.25, -0.2) is 0 Å². The number of allylic oxidation sites excluding steroid dienone is 3. The number of halogens is 2. The smallest absolute Gasteiger partial charge is 0.233 e. The second-order valence-corrected chi connectivity index (χ2v) is 7.58. The summed E-state index contributed by atoms with van der Waals surface area (Å²) in [5.41, 5.74) is 1.96. The molecule has 0 spiro atoms. The molecule has 0 heterocycles. The molecule has 1 N–H and O–H groups in total. The van der Waals surface area contributed by atoms with Gasteiger partial charge in [0.2, 0.25) is 5.91 Å². The molecule has 4 nitrogen and oxygen atoms in total. The maximum atomic E-state index is 12.7. The number of benzene rings is 1. The Labute approximate surface area is 176 Å². The Morgan fingerprint density at radius 1 is 1.26 bits per heavy atom. The monoisotopic (exact) mass is 431 g/mol. The summed E-state index contributed by atoms with van der Waals surface area (Å²) in [4.78, 5) is 13.6. The molecule has 27 heavy (non-hydrogen) atoms. The van der Waals surface area contributed by atoms with Crippen LogP contribution in [0.15, 0.2) is 40.8 Å². The maximum Gasteiger partial charge on any atom is 0.233 e. The van der Waals surface area contributed by atoms with Gasteiger partial charge in [0, 0.05) is 23.2 Å². The van der Waals surface area contributed by atoms with Crippen molar-refractivity contribution >= 4 is 40.9 Å². The molecule has 1 aromatic carbocycles. The molecule has 1 unspecified atom stereocenters. The predicted molar refractivity (Wildman–Crippen MR) is 116 cm³/mol.